The van der Waals surface area contributed by atoms with Gasteiger partial charge in [0.15, 0.2) is 17.9 Å². The lowest BCUT2D eigenvalue weighted by atomic mass is 10.1. The fourth-order valence-electron chi connectivity index (χ4n) is 4.57. The predicted octanol–water partition coefficient (Wildman–Crippen LogP) is -1.37. The molecule has 0 spiro atoms. The number of aliphatic hydroxyl groups excluding tert-OH is 3. The van der Waals surface area contributed by atoms with Crippen LogP contribution in [0.3, 0.4) is 0 Å². The van der Waals surface area contributed by atoms with E-state index in [-0.39, 0.29) is 30.7 Å². The number of carboxylic acids is 1. The van der Waals surface area contributed by atoms with Gasteiger partial charge in [-0.1, -0.05) is 24.3 Å². The van der Waals surface area contributed by atoms with E-state index in [0.717, 1.165) is 11.1 Å². The van der Waals surface area contributed by atoms with Gasteiger partial charge in [0.25, 0.3) is 0 Å². The van der Waals surface area contributed by atoms with E-state index in [1.54, 1.807) is 16.7 Å². The first kappa shape index (κ1) is 27.3. The van der Waals surface area contributed by atoms with Gasteiger partial charge in [0.05, 0.1) is 13.3 Å². The Morgan fingerprint density at radius 2 is 1.82 bits per heavy atom. The van der Waals surface area contributed by atoms with E-state index in [1.165, 1.54) is 0 Å². The molecule has 1 aromatic heterocycles. The van der Waals surface area contributed by atoms with Gasteiger partial charge in [-0.3, -0.25) is 9.59 Å². The summed E-state index contributed by atoms with van der Waals surface area (Å²) in [5.41, 5.74) is 14.1. The number of hydrogen-bond donors (Lipinski definition) is 7. The molecule has 2 aromatic rings. The van der Waals surface area contributed by atoms with Crippen LogP contribution in [0, 0.1) is 0 Å². The Labute approximate surface area is 218 Å². The van der Waals surface area contributed by atoms with E-state index in [0.29, 0.717) is 25.1 Å². The maximum atomic E-state index is 12.0. The summed E-state index contributed by atoms with van der Waals surface area (Å²) in [6, 6.07) is 6.89. The second-order valence-electron chi connectivity index (χ2n) is 9.38. The van der Waals surface area contributed by atoms with Crippen LogP contribution in [0.1, 0.15) is 24.5 Å². The smallest absolute Gasteiger partial charge is 0.303 e. The van der Waals surface area contributed by atoms with Gasteiger partial charge in [-0.15, -0.1) is 0 Å². The molecule has 0 radical (unpaired) electrons. The zero-order valence-corrected chi connectivity index (χ0v) is 20.9. The number of carbonyl (C=O) groups excluding carboxylic acids is 1. The van der Waals surface area contributed by atoms with Gasteiger partial charge in [0, 0.05) is 13.0 Å². The zero-order chi connectivity index (χ0) is 27.6. The van der Waals surface area contributed by atoms with Crippen molar-refractivity contribution in [2.24, 2.45) is 5.73 Å². The number of primary amides is 1. The maximum Gasteiger partial charge on any atom is 0.303 e. The first-order valence-corrected chi connectivity index (χ1v) is 12.3. The molecule has 14 heteroatoms. The topological polar surface area (TPSA) is 221 Å². The van der Waals surface area contributed by atoms with Crippen molar-refractivity contribution in [3.05, 3.63) is 35.4 Å². The van der Waals surface area contributed by atoms with Crippen LogP contribution in [0.15, 0.2) is 24.3 Å². The van der Waals surface area contributed by atoms with Gasteiger partial charge in [-0.05, 0) is 30.9 Å². The van der Waals surface area contributed by atoms with Crippen LogP contribution in [-0.2, 0) is 27.2 Å². The number of benzene rings is 1. The molecule has 1 aromatic carbocycles. The Bertz CT molecular complexity index is 1170. The lowest BCUT2D eigenvalue weighted by Crippen LogP contribution is -2.49. The molecule has 1 amide bonds. The number of nitrogens with one attached hydrogen (secondary N) is 1. The highest BCUT2D eigenvalue weighted by Crippen LogP contribution is 2.43. The van der Waals surface area contributed by atoms with E-state index in [1.807, 2.05) is 24.3 Å². The zero-order valence-electron chi connectivity index (χ0n) is 20.9. The molecule has 0 bridgehead atoms. The largest absolute Gasteiger partial charge is 0.481 e. The third-order valence-corrected chi connectivity index (χ3v) is 6.81. The summed E-state index contributed by atoms with van der Waals surface area (Å²) in [6.07, 6.45) is -3.55. The van der Waals surface area contributed by atoms with Gasteiger partial charge in [0.1, 0.15) is 30.0 Å². The van der Waals surface area contributed by atoms with Gasteiger partial charge in [-0.2, -0.15) is 9.97 Å². The SMILES string of the molecule is CC(C(N)=O)N1CN([C@@H]2O[C@H](CO)C(O)C2O)c2nc(NCCc3ccc(CCC(=O)O)cc3)nc(N)c21. The Hall–Kier alpha value is -3.72. The van der Waals surface area contributed by atoms with Crippen LogP contribution in [0.2, 0.25) is 0 Å². The number of ether oxygens (including phenoxy) is 1. The van der Waals surface area contributed by atoms with Gasteiger partial charge < -0.3 is 51.7 Å². The molecule has 0 saturated carbocycles. The summed E-state index contributed by atoms with van der Waals surface area (Å²) >= 11 is 0. The number of hydrogen-bond acceptors (Lipinski definition) is 12. The monoisotopic (exact) mass is 531 g/mol. The number of amides is 1. The van der Waals surface area contributed by atoms with Gasteiger partial charge in [0.2, 0.25) is 11.9 Å². The second-order valence-corrected chi connectivity index (χ2v) is 9.38. The van der Waals surface area contributed by atoms with Gasteiger partial charge >= 0.3 is 5.97 Å². The van der Waals surface area contributed by atoms with Crippen LogP contribution in [0.4, 0.5) is 23.3 Å². The molecule has 3 heterocycles. The molecule has 1 saturated heterocycles. The number of aliphatic carboxylic acids is 1. The van der Waals surface area contributed by atoms with Crippen LogP contribution >= 0.6 is 0 Å². The molecule has 3 unspecified atom stereocenters. The minimum atomic E-state index is -1.35. The van der Waals surface area contributed by atoms with E-state index in [2.05, 4.69) is 15.3 Å². The second kappa shape index (κ2) is 11.3. The molecule has 4 rings (SSSR count). The van der Waals surface area contributed by atoms with Crippen molar-refractivity contribution in [3.63, 3.8) is 0 Å². The van der Waals surface area contributed by atoms with Crippen molar-refractivity contribution in [2.75, 3.05) is 40.7 Å². The number of aryl methyl sites for hydroxylation is 1. The lowest BCUT2D eigenvalue weighted by molar-refractivity contribution is -0.137. The fourth-order valence-corrected chi connectivity index (χ4v) is 4.57. The maximum absolute atomic E-state index is 12.0. The molecular formula is C24H33N7O7. The number of rotatable bonds is 11. The minimum absolute atomic E-state index is 0.0304. The number of aliphatic hydroxyl groups is 3. The summed E-state index contributed by atoms with van der Waals surface area (Å²) in [5.74, 6) is -0.858. The van der Waals surface area contributed by atoms with Crippen LogP contribution in [-0.4, -0.2) is 92.7 Å². The summed E-state index contributed by atoms with van der Waals surface area (Å²) in [6.45, 7) is 1.60. The Balaban J connectivity index is 1.51. The number of nitrogen functional groups attached to an aromatic ring is 1. The number of nitrogens with zero attached hydrogens (tertiary/aromatic N) is 4. The standard InChI is InChI=1S/C24H33N7O7/c1-12(21(26)37)30-11-31(23-19(36)18(35)15(10-32)38-23)22-17(30)20(25)28-24(29-22)27-9-8-14-4-2-13(3-5-14)6-7-16(33)34/h2-5,12,15,18-19,23,32,35-36H,6-11H2,1H3,(H2,26,37)(H,33,34)(H3,25,27,28,29)/t12?,15-,18?,19?,23-/m1/s1. The third-order valence-electron chi connectivity index (χ3n) is 6.81. The summed E-state index contributed by atoms with van der Waals surface area (Å²) in [5, 5.41) is 42.3. The molecule has 2 aliphatic heterocycles. The molecule has 14 nitrogen and oxygen atoms in total. The molecule has 9 N–H and O–H groups in total. The molecule has 206 valence electrons. The number of anilines is 4. The average molecular weight is 532 g/mol. The van der Waals surface area contributed by atoms with Crippen molar-refractivity contribution in [2.45, 2.75) is 56.8 Å². The van der Waals surface area contributed by atoms with E-state index in [9.17, 15) is 24.9 Å². The Morgan fingerprint density at radius 3 is 2.39 bits per heavy atom. The lowest BCUT2D eigenvalue weighted by Gasteiger charge is -2.29. The number of carboxylic acid groups (broad SMARTS) is 1. The highest BCUT2D eigenvalue weighted by atomic mass is 16.6. The van der Waals surface area contributed by atoms with E-state index < -0.39 is 49.1 Å². The Kier molecular flexibility index (Phi) is 8.16. The summed E-state index contributed by atoms with van der Waals surface area (Å²) in [4.78, 5) is 34.8. The molecule has 1 fully saturated rings. The Morgan fingerprint density at radius 1 is 1.16 bits per heavy atom. The highest BCUT2D eigenvalue weighted by Gasteiger charge is 2.49. The van der Waals surface area contributed by atoms with Crippen LogP contribution in [0.25, 0.3) is 0 Å². The van der Waals surface area contributed by atoms with Crippen molar-refractivity contribution >= 4 is 35.1 Å². The minimum Gasteiger partial charge on any atom is -0.481 e. The molecule has 2 aliphatic rings. The first-order valence-electron chi connectivity index (χ1n) is 12.3. The number of aromatic nitrogens is 2. The van der Waals surface area contributed by atoms with Crippen molar-refractivity contribution in [1.29, 1.82) is 0 Å². The molecule has 38 heavy (non-hydrogen) atoms. The van der Waals surface area contributed by atoms with E-state index >= 15 is 0 Å². The number of carbonyl (C=O) groups is 2. The normalized spacial score (nSPS) is 23.4. The molecule has 5 atom stereocenters. The van der Waals surface area contributed by atoms with Crippen molar-refractivity contribution in [1.82, 2.24) is 9.97 Å². The number of nitrogens with two attached hydrogens (primary N) is 2. The number of fused-ring (bicyclic) bond motifs is 1. The van der Waals surface area contributed by atoms with E-state index in [4.69, 9.17) is 21.3 Å². The third kappa shape index (κ3) is 5.57. The molecule has 0 aliphatic carbocycles. The highest BCUT2D eigenvalue weighted by molar-refractivity contribution is 5.90. The van der Waals surface area contributed by atoms with Crippen molar-refractivity contribution in [3.8, 4) is 0 Å². The average Bonchev–Trinajstić information content (AvgIpc) is 3.40. The van der Waals surface area contributed by atoms with Crippen LogP contribution < -0.4 is 26.6 Å². The predicted molar refractivity (Wildman–Crippen MR) is 137 cm³/mol. The fraction of sp³-hybridized carbons (Fsp3) is 0.500. The summed E-state index contributed by atoms with van der Waals surface area (Å²) < 4.78 is 5.70. The van der Waals surface area contributed by atoms with Gasteiger partial charge in [-0.25, -0.2) is 0 Å². The molecular weight excluding hydrogens is 498 g/mol. The quantitative estimate of drug-likeness (QED) is 0.178. The first-order chi connectivity index (χ1) is 18.1. The van der Waals surface area contributed by atoms with Crippen LogP contribution in [0.5, 0.6) is 0 Å². The van der Waals surface area contributed by atoms with Crippen molar-refractivity contribution < 1.29 is 34.8 Å². The summed E-state index contributed by atoms with van der Waals surface area (Å²) in [7, 11) is 0.